The maximum Gasteiger partial charge on any atom is 0.162 e. The third-order valence-electron chi connectivity index (χ3n) is 3.51. The van der Waals surface area contributed by atoms with E-state index in [-0.39, 0.29) is 0 Å². The van der Waals surface area contributed by atoms with Crippen LogP contribution in [0.25, 0.3) is 0 Å². The zero-order valence-corrected chi connectivity index (χ0v) is 15.0. The van der Waals surface area contributed by atoms with Crippen LogP contribution in [-0.2, 0) is 11.8 Å². The van der Waals surface area contributed by atoms with Gasteiger partial charge in [-0.15, -0.1) is 0 Å². The Morgan fingerprint density at radius 1 is 1.00 bits per heavy atom. The van der Waals surface area contributed by atoms with Crippen molar-refractivity contribution in [3.8, 4) is 0 Å². The lowest BCUT2D eigenvalue weighted by Crippen LogP contribution is -2.33. The second kappa shape index (κ2) is 7.21. The van der Waals surface area contributed by atoms with Crippen LogP contribution < -0.4 is 0 Å². The van der Waals surface area contributed by atoms with E-state index >= 15 is 0 Å². The first-order valence-electron chi connectivity index (χ1n) is 6.33. The molecular weight excluding hydrogens is 425 g/mol. The van der Waals surface area contributed by atoms with Gasteiger partial charge in [-0.25, -0.2) is 8.78 Å². The molecule has 0 N–H and O–H groups in total. The molecule has 0 aliphatic rings. The molecular formula is C16H13Br2ClF2. The Morgan fingerprint density at radius 3 is 2.29 bits per heavy atom. The summed E-state index contributed by atoms with van der Waals surface area (Å²) in [7, 11) is 0. The Bertz CT molecular complexity index is 627. The molecule has 0 unspecified atom stereocenters. The van der Waals surface area contributed by atoms with Crippen LogP contribution in [-0.4, -0.2) is 10.7 Å². The van der Waals surface area contributed by atoms with E-state index in [2.05, 4.69) is 31.9 Å². The van der Waals surface area contributed by atoms with Gasteiger partial charge in [0.1, 0.15) is 0 Å². The number of hydrogen-bond acceptors (Lipinski definition) is 0. The first kappa shape index (κ1) is 16.9. The summed E-state index contributed by atoms with van der Waals surface area (Å²) in [6.45, 7) is 0. The van der Waals surface area contributed by atoms with Crippen molar-refractivity contribution in [1.82, 2.24) is 0 Å². The monoisotopic (exact) mass is 436 g/mol. The van der Waals surface area contributed by atoms with Crippen LogP contribution in [0.5, 0.6) is 0 Å². The summed E-state index contributed by atoms with van der Waals surface area (Å²) >= 11 is 13.1. The van der Waals surface area contributed by atoms with E-state index in [4.69, 9.17) is 11.6 Å². The number of alkyl halides is 2. The highest BCUT2D eigenvalue weighted by atomic mass is 79.9. The van der Waals surface area contributed by atoms with Crippen molar-refractivity contribution in [1.29, 1.82) is 0 Å². The van der Waals surface area contributed by atoms with Crippen molar-refractivity contribution < 1.29 is 8.78 Å². The Balaban J connectivity index is 2.45. The molecule has 2 aromatic carbocycles. The zero-order valence-electron chi connectivity index (χ0n) is 11.1. The molecule has 2 aromatic rings. The minimum Gasteiger partial charge on any atom is -0.204 e. The fraction of sp³-hybridized carbons (Fsp3) is 0.250. The third-order valence-corrected chi connectivity index (χ3v) is 5.89. The highest BCUT2D eigenvalue weighted by Crippen LogP contribution is 2.35. The third kappa shape index (κ3) is 3.66. The van der Waals surface area contributed by atoms with Crippen LogP contribution in [0.15, 0.2) is 42.5 Å². The predicted molar refractivity (Wildman–Crippen MR) is 90.8 cm³/mol. The van der Waals surface area contributed by atoms with Gasteiger partial charge in [0.05, 0.1) is 0 Å². The average molecular weight is 439 g/mol. The van der Waals surface area contributed by atoms with Crippen LogP contribution in [0, 0.1) is 11.6 Å². The van der Waals surface area contributed by atoms with E-state index in [0.717, 1.165) is 11.6 Å². The van der Waals surface area contributed by atoms with Gasteiger partial charge in [0.2, 0.25) is 0 Å². The van der Waals surface area contributed by atoms with Gasteiger partial charge in [-0.1, -0.05) is 67.7 Å². The largest absolute Gasteiger partial charge is 0.204 e. The molecule has 0 atom stereocenters. The second-order valence-corrected chi connectivity index (χ2v) is 6.51. The standard InChI is InChI=1S/C16H13Br2ClF2/c17-9-16(10-18,12-4-2-5-13(19)7-12)8-11-3-1-6-14(20)15(11)21/h1-7H,8-10H2. The number of rotatable bonds is 5. The summed E-state index contributed by atoms with van der Waals surface area (Å²) in [5.41, 5.74) is 0.931. The SMILES string of the molecule is Fc1cccc(CC(CBr)(CBr)c2cccc(Cl)c2)c1F. The van der Waals surface area contributed by atoms with Gasteiger partial charge in [0, 0.05) is 21.1 Å². The van der Waals surface area contributed by atoms with Gasteiger partial charge in [-0.05, 0) is 35.7 Å². The van der Waals surface area contributed by atoms with E-state index in [9.17, 15) is 8.78 Å². The molecule has 0 aliphatic carbocycles. The molecule has 0 bridgehead atoms. The molecule has 2 rings (SSSR count). The molecule has 0 saturated carbocycles. The van der Waals surface area contributed by atoms with Gasteiger partial charge >= 0.3 is 0 Å². The molecule has 5 heteroatoms. The molecule has 0 saturated heterocycles. The van der Waals surface area contributed by atoms with E-state index in [0.29, 0.717) is 27.7 Å². The Hall–Kier alpha value is -0.450. The first-order valence-corrected chi connectivity index (χ1v) is 8.95. The van der Waals surface area contributed by atoms with E-state index in [1.54, 1.807) is 12.1 Å². The maximum atomic E-state index is 14.0. The number of halogens is 5. The Kier molecular flexibility index (Phi) is 5.81. The fourth-order valence-electron chi connectivity index (χ4n) is 2.25. The summed E-state index contributed by atoms with van der Waals surface area (Å²) in [6, 6.07) is 11.7. The highest BCUT2D eigenvalue weighted by molar-refractivity contribution is 9.09. The van der Waals surface area contributed by atoms with Crippen molar-refractivity contribution in [2.45, 2.75) is 11.8 Å². The van der Waals surface area contributed by atoms with Crippen molar-refractivity contribution >= 4 is 43.5 Å². The summed E-state index contributed by atoms with van der Waals surface area (Å²) in [5.74, 6) is -1.61. The highest BCUT2D eigenvalue weighted by Gasteiger charge is 2.32. The van der Waals surface area contributed by atoms with Crippen molar-refractivity contribution in [2.24, 2.45) is 0 Å². The molecule has 0 radical (unpaired) electrons. The summed E-state index contributed by atoms with van der Waals surface area (Å²) in [6.07, 6.45) is 0.368. The molecule has 0 nitrogen and oxygen atoms in total. The van der Waals surface area contributed by atoms with Crippen LogP contribution in [0.1, 0.15) is 11.1 Å². The van der Waals surface area contributed by atoms with Crippen LogP contribution >= 0.6 is 43.5 Å². The predicted octanol–water partition coefficient (Wildman–Crippen LogP) is 5.89. The van der Waals surface area contributed by atoms with Crippen LogP contribution in [0.4, 0.5) is 8.78 Å². The van der Waals surface area contributed by atoms with Gasteiger partial charge in [0.25, 0.3) is 0 Å². The zero-order chi connectivity index (χ0) is 15.5. The molecule has 0 fully saturated rings. The summed E-state index contributed by atoms with van der Waals surface area (Å²) in [5, 5.41) is 1.82. The lowest BCUT2D eigenvalue weighted by molar-refractivity contribution is 0.476. The second-order valence-electron chi connectivity index (χ2n) is 4.95. The molecule has 0 amide bonds. The van der Waals surface area contributed by atoms with Gasteiger partial charge in [-0.3, -0.25) is 0 Å². The smallest absolute Gasteiger partial charge is 0.162 e. The van der Waals surface area contributed by atoms with E-state index < -0.39 is 17.0 Å². The van der Waals surface area contributed by atoms with Crippen molar-refractivity contribution in [3.05, 3.63) is 70.2 Å². The average Bonchev–Trinajstić information content (AvgIpc) is 2.49. The van der Waals surface area contributed by atoms with Gasteiger partial charge in [-0.2, -0.15) is 0 Å². The molecule has 21 heavy (non-hydrogen) atoms. The quantitative estimate of drug-likeness (QED) is 0.511. The number of hydrogen-bond donors (Lipinski definition) is 0. The lowest BCUT2D eigenvalue weighted by Gasteiger charge is -2.31. The normalized spacial score (nSPS) is 11.7. The minimum atomic E-state index is -0.823. The molecule has 0 aliphatic heterocycles. The Morgan fingerprint density at radius 2 is 1.67 bits per heavy atom. The number of benzene rings is 2. The van der Waals surface area contributed by atoms with Crippen LogP contribution in [0.3, 0.4) is 0 Å². The van der Waals surface area contributed by atoms with Crippen molar-refractivity contribution in [2.75, 3.05) is 10.7 Å². The molecule has 0 spiro atoms. The first-order chi connectivity index (χ1) is 10.0. The summed E-state index contributed by atoms with van der Waals surface area (Å²) in [4.78, 5) is 0. The minimum absolute atomic E-state index is 0.355. The van der Waals surface area contributed by atoms with Gasteiger partial charge < -0.3 is 0 Å². The topological polar surface area (TPSA) is 0 Å². The van der Waals surface area contributed by atoms with Crippen LogP contribution in [0.2, 0.25) is 5.02 Å². The fourth-order valence-corrected chi connectivity index (χ4v) is 4.42. The molecule has 112 valence electrons. The maximum absolute atomic E-state index is 14.0. The molecule has 0 aromatic heterocycles. The Labute approximate surface area is 144 Å². The lowest BCUT2D eigenvalue weighted by atomic mass is 9.79. The van der Waals surface area contributed by atoms with Gasteiger partial charge in [0.15, 0.2) is 11.6 Å². The molecule has 0 heterocycles. The van der Waals surface area contributed by atoms with Crippen molar-refractivity contribution in [3.63, 3.8) is 0 Å². The van der Waals surface area contributed by atoms with E-state index in [1.165, 1.54) is 6.07 Å². The summed E-state index contributed by atoms with van der Waals surface area (Å²) < 4.78 is 27.4. The van der Waals surface area contributed by atoms with E-state index in [1.807, 2.05) is 18.2 Å².